The van der Waals surface area contributed by atoms with Crippen molar-refractivity contribution in [3.05, 3.63) is 41.6 Å². The summed E-state index contributed by atoms with van der Waals surface area (Å²) in [5, 5.41) is 6.29. The minimum atomic E-state index is 0.0271. The molecule has 0 atom stereocenters. The molecule has 2 aliphatic heterocycles. The normalized spacial score (nSPS) is 18.5. The van der Waals surface area contributed by atoms with Gasteiger partial charge in [-0.25, -0.2) is 4.98 Å². The van der Waals surface area contributed by atoms with Crippen molar-refractivity contribution < 1.29 is 14.3 Å². The number of hydrogen-bond acceptors (Lipinski definition) is 7. The summed E-state index contributed by atoms with van der Waals surface area (Å²) in [6.45, 7) is 5.43. The summed E-state index contributed by atoms with van der Waals surface area (Å²) in [6, 6.07) is 8.25. The van der Waals surface area contributed by atoms with E-state index in [-0.39, 0.29) is 17.7 Å². The van der Waals surface area contributed by atoms with Crippen molar-refractivity contribution in [3.8, 4) is 0 Å². The van der Waals surface area contributed by atoms with E-state index in [1.165, 1.54) is 5.56 Å². The van der Waals surface area contributed by atoms with Crippen LogP contribution in [-0.2, 0) is 27.3 Å². The number of carbonyl (C=O) groups excluding carboxylic acids is 2. The zero-order chi connectivity index (χ0) is 23.3. The van der Waals surface area contributed by atoms with Crippen LogP contribution in [0.2, 0.25) is 0 Å². The smallest absolute Gasteiger partial charge is 0.232 e. The number of ether oxygens (including phenoxy) is 1. The SMILES string of the molecule is O=C(NCCCN1C(=O)Cc2cnc(Nc3cccc(CN4CCOCC4)c3)nc21)C1CCC1. The molecule has 180 valence electrons. The van der Waals surface area contributed by atoms with Crippen molar-refractivity contribution in [2.45, 2.75) is 38.6 Å². The molecule has 1 saturated heterocycles. The van der Waals surface area contributed by atoms with Crippen molar-refractivity contribution in [2.75, 3.05) is 49.6 Å². The van der Waals surface area contributed by atoms with Crippen LogP contribution in [0.4, 0.5) is 17.5 Å². The number of amides is 2. The first kappa shape index (κ1) is 22.7. The Bertz CT molecular complexity index is 1040. The van der Waals surface area contributed by atoms with Crippen LogP contribution in [0.15, 0.2) is 30.5 Å². The zero-order valence-corrected chi connectivity index (χ0v) is 19.5. The predicted octanol–water partition coefficient (Wildman–Crippen LogP) is 2.25. The number of morpholine rings is 1. The minimum absolute atomic E-state index is 0.0271. The maximum Gasteiger partial charge on any atom is 0.232 e. The Labute approximate surface area is 199 Å². The van der Waals surface area contributed by atoms with Crippen LogP contribution in [0.3, 0.4) is 0 Å². The number of nitrogens with zero attached hydrogens (tertiary/aromatic N) is 4. The summed E-state index contributed by atoms with van der Waals surface area (Å²) in [5.74, 6) is 1.49. The molecule has 3 heterocycles. The number of nitrogens with one attached hydrogen (secondary N) is 2. The monoisotopic (exact) mass is 464 g/mol. The van der Waals surface area contributed by atoms with Gasteiger partial charge >= 0.3 is 0 Å². The van der Waals surface area contributed by atoms with Crippen molar-refractivity contribution in [1.29, 1.82) is 0 Å². The molecular weight excluding hydrogens is 432 g/mol. The van der Waals surface area contributed by atoms with Gasteiger partial charge < -0.3 is 15.4 Å². The second-order valence-corrected chi connectivity index (χ2v) is 9.25. The fourth-order valence-corrected chi connectivity index (χ4v) is 4.58. The average molecular weight is 465 g/mol. The number of benzene rings is 1. The van der Waals surface area contributed by atoms with E-state index >= 15 is 0 Å². The molecule has 2 amide bonds. The fraction of sp³-hybridized carbons (Fsp3) is 0.520. The lowest BCUT2D eigenvalue weighted by atomic mass is 9.85. The first-order chi connectivity index (χ1) is 16.7. The molecule has 0 bridgehead atoms. The van der Waals surface area contributed by atoms with E-state index in [0.717, 1.165) is 63.4 Å². The van der Waals surface area contributed by atoms with Gasteiger partial charge in [0, 0.05) is 56.1 Å². The summed E-state index contributed by atoms with van der Waals surface area (Å²) in [5.41, 5.74) is 2.98. The van der Waals surface area contributed by atoms with Gasteiger partial charge in [-0.15, -0.1) is 0 Å². The maximum atomic E-state index is 12.6. The van der Waals surface area contributed by atoms with E-state index in [4.69, 9.17) is 4.74 Å². The van der Waals surface area contributed by atoms with Crippen LogP contribution in [0.5, 0.6) is 0 Å². The van der Waals surface area contributed by atoms with Crippen LogP contribution < -0.4 is 15.5 Å². The Kier molecular flexibility index (Phi) is 7.01. The highest BCUT2D eigenvalue weighted by atomic mass is 16.5. The summed E-state index contributed by atoms with van der Waals surface area (Å²) in [7, 11) is 0. The molecule has 9 nitrogen and oxygen atoms in total. The molecule has 1 saturated carbocycles. The van der Waals surface area contributed by atoms with Gasteiger partial charge in [0.25, 0.3) is 0 Å². The van der Waals surface area contributed by atoms with E-state index in [1.54, 1.807) is 11.1 Å². The molecule has 5 rings (SSSR count). The number of hydrogen-bond donors (Lipinski definition) is 2. The molecule has 1 aromatic heterocycles. The molecule has 34 heavy (non-hydrogen) atoms. The topological polar surface area (TPSA) is 99.7 Å². The third kappa shape index (κ3) is 5.37. The number of aromatic nitrogens is 2. The standard InChI is InChI=1S/C25H32N6O3/c32-22-15-20-16-27-25(28-21-7-1-4-18(14-21)17-30-10-12-34-13-11-30)29-23(20)31(22)9-3-8-26-24(33)19-5-2-6-19/h1,4,7,14,16,19H,2-3,5-6,8-13,15,17H2,(H,26,33)(H,27,28,29). The molecular formula is C25H32N6O3. The van der Waals surface area contributed by atoms with Crippen molar-refractivity contribution in [3.63, 3.8) is 0 Å². The lowest BCUT2D eigenvalue weighted by Gasteiger charge is -2.26. The van der Waals surface area contributed by atoms with E-state index < -0.39 is 0 Å². The quantitative estimate of drug-likeness (QED) is 0.549. The van der Waals surface area contributed by atoms with Crippen LogP contribution >= 0.6 is 0 Å². The molecule has 3 aliphatic rings. The first-order valence-electron chi connectivity index (χ1n) is 12.3. The van der Waals surface area contributed by atoms with Gasteiger partial charge in [-0.1, -0.05) is 18.6 Å². The second-order valence-electron chi connectivity index (χ2n) is 9.25. The molecule has 2 fully saturated rings. The summed E-state index contributed by atoms with van der Waals surface area (Å²) >= 11 is 0. The Morgan fingerprint density at radius 1 is 1.21 bits per heavy atom. The molecule has 0 radical (unpaired) electrons. The molecule has 2 N–H and O–H groups in total. The van der Waals surface area contributed by atoms with Crippen LogP contribution in [0.1, 0.15) is 36.8 Å². The highest BCUT2D eigenvalue weighted by Gasteiger charge is 2.29. The predicted molar refractivity (Wildman–Crippen MR) is 129 cm³/mol. The fourth-order valence-electron chi connectivity index (χ4n) is 4.58. The van der Waals surface area contributed by atoms with Crippen molar-refractivity contribution in [2.24, 2.45) is 5.92 Å². The largest absolute Gasteiger partial charge is 0.379 e. The first-order valence-corrected chi connectivity index (χ1v) is 12.3. The van der Waals surface area contributed by atoms with E-state index in [2.05, 4.69) is 37.6 Å². The lowest BCUT2D eigenvalue weighted by Crippen LogP contribution is -2.37. The molecule has 1 aliphatic carbocycles. The summed E-state index contributed by atoms with van der Waals surface area (Å²) in [6.07, 6.45) is 5.88. The summed E-state index contributed by atoms with van der Waals surface area (Å²) in [4.78, 5) is 37.8. The van der Waals surface area contributed by atoms with Gasteiger partial charge in [-0.2, -0.15) is 4.98 Å². The van der Waals surface area contributed by atoms with Gasteiger partial charge in [0.2, 0.25) is 17.8 Å². The lowest BCUT2D eigenvalue weighted by molar-refractivity contribution is -0.127. The third-order valence-corrected chi connectivity index (χ3v) is 6.77. The Morgan fingerprint density at radius 3 is 2.85 bits per heavy atom. The molecule has 0 unspecified atom stereocenters. The van der Waals surface area contributed by atoms with E-state index in [0.29, 0.717) is 37.7 Å². The van der Waals surface area contributed by atoms with Crippen LogP contribution in [-0.4, -0.2) is 66.1 Å². The van der Waals surface area contributed by atoms with Gasteiger partial charge in [0.05, 0.1) is 19.6 Å². The Morgan fingerprint density at radius 2 is 2.06 bits per heavy atom. The summed E-state index contributed by atoms with van der Waals surface area (Å²) < 4.78 is 5.43. The van der Waals surface area contributed by atoms with Crippen molar-refractivity contribution >= 4 is 29.3 Å². The number of carbonyl (C=O) groups is 2. The van der Waals surface area contributed by atoms with Gasteiger partial charge in [-0.05, 0) is 37.0 Å². The van der Waals surface area contributed by atoms with Crippen LogP contribution in [0, 0.1) is 5.92 Å². The molecule has 2 aromatic rings. The minimum Gasteiger partial charge on any atom is -0.379 e. The van der Waals surface area contributed by atoms with Crippen LogP contribution in [0.25, 0.3) is 0 Å². The van der Waals surface area contributed by atoms with Gasteiger partial charge in [0.1, 0.15) is 5.82 Å². The molecule has 9 heteroatoms. The second kappa shape index (κ2) is 10.5. The zero-order valence-electron chi connectivity index (χ0n) is 19.5. The van der Waals surface area contributed by atoms with Gasteiger partial charge in [0.15, 0.2) is 0 Å². The average Bonchev–Trinajstić information content (AvgIpc) is 3.11. The number of anilines is 3. The molecule has 0 spiro atoms. The van der Waals surface area contributed by atoms with E-state index in [1.807, 2.05) is 12.1 Å². The Balaban J connectivity index is 1.19. The molecule has 1 aromatic carbocycles. The third-order valence-electron chi connectivity index (χ3n) is 6.77. The number of fused-ring (bicyclic) bond motifs is 1. The number of rotatable bonds is 9. The highest BCUT2D eigenvalue weighted by molar-refractivity contribution is 6.00. The van der Waals surface area contributed by atoms with Gasteiger partial charge in [-0.3, -0.25) is 19.4 Å². The van der Waals surface area contributed by atoms with E-state index in [9.17, 15) is 9.59 Å². The van der Waals surface area contributed by atoms with Crippen molar-refractivity contribution in [1.82, 2.24) is 20.2 Å². The Hall–Kier alpha value is -3.04. The highest BCUT2D eigenvalue weighted by Crippen LogP contribution is 2.28. The maximum absolute atomic E-state index is 12.6.